The van der Waals surface area contributed by atoms with E-state index in [1.54, 1.807) is 7.11 Å². The molecule has 0 aliphatic heterocycles. The van der Waals surface area contributed by atoms with Gasteiger partial charge in [-0.05, 0) is 18.2 Å². The molecule has 0 spiro atoms. The molecule has 14 heavy (non-hydrogen) atoms. The van der Waals surface area contributed by atoms with Gasteiger partial charge in [0.1, 0.15) is 10.6 Å². The Balaban J connectivity index is 2.81. The van der Waals surface area contributed by atoms with Gasteiger partial charge in [0.25, 0.3) is 0 Å². The summed E-state index contributed by atoms with van der Waals surface area (Å²) in [5, 5.41) is 0.951. The molecule has 0 unspecified atom stereocenters. The molecule has 72 valence electrons. The summed E-state index contributed by atoms with van der Waals surface area (Å²) in [6, 6.07) is 5.74. The molecule has 2 rings (SSSR count). The van der Waals surface area contributed by atoms with Crippen molar-refractivity contribution in [1.29, 1.82) is 0 Å². The maximum absolute atomic E-state index is 10.8. The highest BCUT2D eigenvalue weighted by Crippen LogP contribution is 2.37. The minimum atomic E-state index is 0.626. The van der Waals surface area contributed by atoms with E-state index in [1.807, 2.05) is 18.2 Å². The summed E-state index contributed by atoms with van der Waals surface area (Å²) < 4.78 is 6.23. The van der Waals surface area contributed by atoms with Crippen molar-refractivity contribution in [2.24, 2.45) is 0 Å². The van der Waals surface area contributed by atoms with Crippen molar-refractivity contribution >= 4 is 40.3 Å². The van der Waals surface area contributed by atoms with Crippen molar-refractivity contribution in [2.75, 3.05) is 7.11 Å². The van der Waals surface area contributed by atoms with Crippen molar-refractivity contribution < 1.29 is 9.53 Å². The fraction of sp³-hybridized carbons (Fsp3) is 0.100. The Labute approximate surface area is 90.9 Å². The Morgan fingerprint density at radius 2 is 2.29 bits per heavy atom. The third kappa shape index (κ3) is 1.40. The van der Waals surface area contributed by atoms with Gasteiger partial charge in [0.2, 0.25) is 0 Å². The molecular formula is C10H8O2S2. The fourth-order valence-corrected chi connectivity index (χ4v) is 2.54. The summed E-state index contributed by atoms with van der Waals surface area (Å²) in [6.45, 7) is 0. The zero-order chi connectivity index (χ0) is 10.1. The number of hydrogen-bond donors (Lipinski definition) is 1. The Morgan fingerprint density at radius 3 is 2.93 bits per heavy atom. The molecule has 0 saturated heterocycles. The van der Waals surface area contributed by atoms with Crippen LogP contribution in [0.25, 0.3) is 10.1 Å². The zero-order valence-electron chi connectivity index (χ0n) is 7.48. The van der Waals surface area contributed by atoms with E-state index < -0.39 is 0 Å². The average Bonchev–Trinajstić information content (AvgIpc) is 2.54. The third-order valence-electron chi connectivity index (χ3n) is 1.96. The second kappa shape index (κ2) is 3.63. The van der Waals surface area contributed by atoms with E-state index in [2.05, 4.69) is 12.6 Å². The van der Waals surface area contributed by atoms with Gasteiger partial charge >= 0.3 is 0 Å². The van der Waals surface area contributed by atoms with Crippen LogP contribution in [0.3, 0.4) is 0 Å². The molecule has 4 heteroatoms. The first kappa shape index (κ1) is 9.55. The van der Waals surface area contributed by atoms with Gasteiger partial charge in [-0.1, -0.05) is 0 Å². The van der Waals surface area contributed by atoms with E-state index >= 15 is 0 Å². The molecule has 1 aromatic heterocycles. The molecule has 1 heterocycles. The predicted molar refractivity (Wildman–Crippen MR) is 61.0 cm³/mol. The van der Waals surface area contributed by atoms with Gasteiger partial charge in [-0.15, -0.1) is 24.0 Å². The second-order valence-corrected chi connectivity index (χ2v) is 4.40. The van der Waals surface area contributed by atoms with Crippen molar-refractivity contribution in [3.8, 4) is 5.75 Å². The van der Waals surface area contributed by atoms with Crippen LogP contribution in [-0.4, -0.2) is 13.4 Å². The van der Waals surface area contributed by atoms with Gasteiger partial charge in [0, 0.05) is 15.0 Å². The highest BCUT2D eigenvalue weighted by Gasteiger charge is 2.11. The Morgan fingerprint density at radius 1 is 1.50 bits per heavy atom. The quantitative estimate of drug-likeness (QED) is 0.627. The average molecular weight is 224 g/mol. The molecule has 2 aromatic rings. The lowest BCUT2D eigenvalue weighted by atomic mass is 10.2. The first-order valence-electron chi connectivity index (χ1n) is 4.01. The number of aldehydes is 1. The van der Waals surface area contributed by atoms with Crippen LogP contribution in [0, 0.1) is 0 Å². The van der Waals surface area contributed by atoms with E-state index in [1.165, 1.54) is 11.3 Å². The highest BCUT2D eigenvalue weighted by atomic mass is 32.1. The van der Waals surface area contributed by atoms with Gasteiger partial charge in [-0.25, -0.2) is 0 Å². The molecule has 0 atom stereocenters. The Bertz CT molecular complexity index is 488. The molecule has 0 saturated carbocycles. The fourth-order valence-electron chi connectivity index (χ4n) is 1.37. The number of thiol groups is 1. The van der Waals surface area contributed by atoms with Crippen molar-refractivity contribution in [2.45, 2.75) is 4.90 Å². The van der Waals surface area contributed by atoms with Crippen LogP contribution in [0.1, 0.15) is 9.67 Å². The van der Waals surface area contributed by atoms with E-state index in [9.17, 15) is 4.79 Å². The largest absolute Gasteiger partial charge is 0.494 e. The molecule has 0 N–H and O–H groups in total. The number of fused-ring (bicyclic) bond motifs is 1. The van der Waals surface area contributed by atoms with Crippen LogP contribution in [0.4, 0.5) is 0 Å². The maximum Gasteiger partial charge on any atom is 0.163 e. The van der Waals surface area contributed by atoms with E-state index in [0.717, 1.165) is 21.3 Å². The third-order valence-corrected chi connectivity index (χ3v) is 3.32. The number of benzene rings is 1. The van der Waals surface area contributed by atoms with Crippen LogP contribution in [0.5, 0.6) is 5.75 Å². The molecule has 0 bridgehead atoms. The summed E-state index contributed by atoms with van der Waals surface area (Å²) >= 11 is 5.68. The predicted octanol–water partition coefficient (Wildman–Crippen LogP) is 3.01. The van der Waals surface area contributed by atoms with Crippen molar-refractivity contribution in [1.82, 2.24) is 0 Å². The number of rotatable bonds is 2. The topological polar surface area (TPSA) is 26.3 Å². The zero-order valence-corrected chi connectivity index (χ0v) is 9.19. The van der Waals surface area contributed by atoms with Gasteiger partial charge in [0.15, 0.2) is 6.29 Å². The van der Waals surface area contributed by atoms with Gasteiger partial charge < -0.3 is 4.74 Å². The van der Waals surface area contributed by atoms with Gasteiger partial charge in [-0.3, -0.25) is 4.79 Å². The lowest BCUT2D eigenvalue weighted by molar-refractivity contribution is 0.112. The molecule has 1 aromatic carbocycles. The minimum Gasteiger partial charge on any atom is -0.494 e. The number of carbonyl (C=O) groups excluding carboxylic acids is 1. The number of hydrogen-bond acceptors (Lipinski definition) is 4. The SMILES string of the molecule is COc1c(C=O)sc2ccc(S)cc12. The summed E-state index contributed by atoms with van der Waals surface area (Å²) in [5.74, 6) is 0.649. The molecule has 0 amide bonds. The summed E-state index contributed by atoms with van der Waals surface area (Å²) in [4.78, 5) is 12.2. The van der Waals surface area contributed by atoms with Crippen molar-refractivity contribution in [3.05, 3.63) is 23.1 Å². The van der Waals surface area contributed by atoms with E-state index in [0.29, 0.717) is 10.6 Å². The summed E-state index contributed by atoms with van der Waals surface area (Å²) in [5.41, 5.74) is 0. The number of methoxy groups -OCH3 is 1. The van der Waals surface area contributed by atoms with Gasteiger partial charge in [0.05, 0.1) is 7.11 Å². The number of carbonyl (C=O) groups is 1. The first-order valence-corrected chi connectivity index (χ1v) is 5.27. The second-order valence-electron chi connectivity index (χ2n) is 2.80. The van der Waals surface area contributed by atoms with Crippen molar-refractivity contribution in [3.63, 3.8) is 0 Å². The minimum absolute atomic E-state index is 0.626. The summed E-state index contributed by atoms with van der Waals surface area (Å²) in [6.07, 6.45) is 0.821. The first-order chi connectivity index (χ1) is 6.76. The summed E-state index contributed by atoms with van der Waals surface area (Å²) in [7, 11) is 1.57. The lowest BCUT2D eigenvalue weighted by Crippen LogP contribution is -1.84. The lowest BCUT2D eigenvalue weighted by Gasteiger charge is -1.98. The van der Waals surface area contributed by atoms with E-state index in [4.69, 9.17) is 4.74 Å². The number of ether oxygens (including phenoxy) is 1. The molecule has 0 aliphatic carbocycles. The normalized spacial score (nSPS) is 10.4. The van der Waals surface area contributed by atoms with Crippen LogP contribution < -0.4 is 4.74 Å². The monoisotopic (exact) mass is 224 g/mol. The molecular weight excluding hydrogens is 216 g/mol. The molecule has 0 fully saturated rings. The van der Waals surface area contributed by atoms with Crippen LogP contribution in [0.15, 0.2) is 23.1 Å². The van der Waals surface area contributed by atoms with Crippen LogP contribution in [-0.2, 0) is 0 Å². The maximum atomic E-state index is 10.8. The smallest absolute Gasteiger partial charge is 0.163 e. The van der Waals surface area contributed by atoms with Crippen LogP contribution in [0.2, 0.25) is 0 Å². The Kier molecular flexibility index (Phi) is 2.48. The molecule has 2 nitrogen and oxygen atoms in total. The molecule has 0 radical (unpaired) electrons. The van der Waals surface area contributed by atoms with E-state index in [-0.39, 0.29) is 0 Å². The number of thiophene rings is 1. The highest BCUT2D eigenvalue weighted by molar-refractivity contribution is 7.80. The Hall–Kier alpha value is -1.00. The standard InChI is InChI=1S/C10H8O2S2/c1-12-10-7-4-6(13)2-3-8(7)14-9(10)5-11/h2-5,13H,1H3. The molecule has 0 aliphatic rings. The van der Waals surface area contributed by atoms with Gasteiger partial charge in [-0.2, -0.15) is 0 Å². The van der Waals surface area contributed by atoms with Crippen LogP contribution >= 0.6 is 24.0 Å².